The van der Waals surface area contributed by atoms with E-state index in [1.54, 1.807) is 11.6 Å². The molecule has 0 radical (unpaired) electrons. The van der Waals surface area contributed by atoms with Crippen molar-refractivity contribution in [1.29, 1.82) is 0 Å². The van der Waals surface area contributed by atoms with E-state index >= 15 is 0 Å². The van der Waals surface area contributed by atoms with Crippen molar-refractivity contribution in [2.45, 2.75) is 44.2 Å². The lowest BCUT2D eigenvalue weighted by Crippen LogP contribution is -2.59. The van der Waals surface area contributed by atoms with Crippen LogP contribution in [0, 0.1) is 0 Å². The Kier molecular flexibility index (Phi) is 4.11. The van der Waals surface area contributed by atoms with Crippen LogP contribution in [0.25, 0.3) is 27.8 Å². The molecule has 5 heterocycles. The minimum absolute atomic E-state index is 0.0701. The molecule has 4 aromatic rings. The number of pyridine rings is 1. The molecule has 164 valence electrons. The molecule has 2 fully saturated rings. The number of aromatic amines is 1. The van der Waals surface area contributed by atoms with Crippen molar-refractivity contribution in [2.75, 3.05) is 19.0 Å². The molecule has 10 nitrogen and oxygen atoms in total. The number of H-pyrrole nitrogens is 1. The number of hydrogen-bond acceptors (Lipinski definition) is 7. The third-order valence-electron chi connectivity index (χ3n) is 6.71. The van der Waals surface area contributed by atoms with E-state index in [-0.39, 0.29) is 17.5 Å². The minimum atomic E-state index is -0.0701. The van der Waals surface area contributed by atoms with Crippen LogP contribution in [0.2, 0.25) is 0 Å². The molecule has 0 atom stereocenters. The van der Waals surface area contributed by atoms with Crippen LogP contribution in [0.5, 0.6) is 5.88 Å². The molecule has 4 aromatic heterocycles. The van der Waals surface area contributed by atoms with Gasteiger partial charge in [-0.1, -0.05) is 0 Å². The normalized spacial score (nSPS) is 23.1. The highest BCUT2D eigenvalue weighted by Crippen LogP contribution is 2.41. The number of rotatable bonds is 5. The summed E-state index contributed by atoms with van der Waals surface area (Å²) in [7, 11) is 1.61. The van der Waals surface area contributed by atoms with Gasteiger partial charge in [0.25, 0.3) is 0 Å². The number of aromatic nitrogens is 6. The van der Waals surface area contributed by atoms with Gasteiger partial charge in [0, 0.05) is 42.5 Å². The molecule has 0 aromatic carbocycles. The second kappa shape index (κ2) is 6.91. The van der Waals surface area contributed by atoms with E-state index in [0.717, 1.165) is 48.0 Å². The lowest BCUT2D eigenvalue weighted by molar-refractivity contribution is -0.136. The molecule has 0 bridgehead atoms. The average molecular weight is 432 g/mol. The minimum Gasteiger partial charge on any atom is -0.480 e. The number of hydrogen-bond donors (Lipinski definition) is 2. The van der Waals surface area contributed by atoms with Gasteiger partial charge in [-0.05, 0) is 43.9 Å². The largest absolute Gasteiger partial charge is 0.480 e. The fraction of sp³-hybridized carbons (Fsp3) is 0.409. The summed E-state index contributed by atoms with van der Waals surface area (Å²) in [6, 6.07) is 4.17. The van der Waals surface area contributed by atoms with Crippen LogP contribution < -0.4 is 10.1 Å². The number of fused-ring (bicyclic) bond motifs is 2. The maximum atomic E-state index is 12.1. The van der Waals surface area contributed by atoms with Crippen LogP contribution >= 0.6 is 0 Å². The zero-order valence-corrected chi connectivity index (χ0v) is 18.0. The van der Waals surface area contributed by atoms with E-state index in [1.807, 2.05) is 29.4 Å². The Bertz CT molecular complexity index is 1340. The standard InChI is InChI=1S/C22H24N8O2/c1-22(29-6-3-4-17(29)31)9-14(10-22)26-21-27-19-18(20(28-21)32-2)15(11-23-19)13-5-7-30-16(8-13)24-12-25-30/h5,7-8,11-12,14H,3-4,6,9-10H2,1-2H3,(H2,23,26,27,28)/t14-,22+. The second-order valence-corrected chi connectivity index (χ2v) is 8.86. The van der Waals surface area contributed by atoms with E-state index in [1.165, 1.54) is 6.33 Å². The average Bonchev–Trinajstić information content (AvgIpc) is 3.50. The zero-order valence-electron chi connectivity index (χ0n) is 18.0. The summed E-state index contributed by atoms with van der Waals surface area (Å²) in [4.78, 5) is 31.0. The summed E-state index contributed by atoms with van der Waals surface area (Å²) >= 11 is 0. The maximum absolute atomic E-state index is 12.1. The summed E-state index contributed by atoms with van der Waals surface area (Å²) in [6.45, 7) is 3.03. The van der Waals surface area contributed by atoms with Crippen LogP contribution in [0.4, 0.5) is 5.95 Å². The number of likely N-dealkylation sites (tertiary alicyclic amines) is 1. The number of nitrogens with one attached hydrogen (secondary N) is 2. The Hall–Kier alpha value is -3.69. The Morgan fingerprint density at radius 1 is 1.31 bits per heavy atom. The summed E-state index contributed by atoms with van der Waals surface area (Å²) in [5, 5.41) is 8.40. The molecule has 0 spiro atoms. The van der Waals surface area contributed by atoms with Crippen LogP contribution in [0.3, 0.4) is 0 Å². The summed E-state index contributed by atoms with van der Waals surface area (Å²) < 4.78 is 7.35. The van der Waals surface area contributed by atoms with Gasteiger partial charge in [0.15, 0.2) is 5.65 Å². The lowest BCUT2D eigenvalue weighted by atomic mass is 9.73. The molecule has 1 saturated heterocycles. The highest BCUT2D eigenvalue weighted by molar-refractivity contribution is 5.98. The van der Waals surface area contributed by atoms with Gasteiger partial charge in [0.1, 0.15) is 12.0 Å². The first-order valence-electron chi connectivity index (χ1n) is 10.8. The molecule has 2 aliphatic rings. The first-order valence-corrected chi connectivity index (χ1v) is 10.8. The molecule has 1 saturated carbocycles. The Labute approximate surface area is 184 Å². The molecule has 1 aliphatic carbocycles. The SMILES string of the molecule is COc1nc(N[C@H]2C[C@@](C)(N3CCCC3=O)C2)nc2[nH]cc(-c3ccn4ncnc4c3)c12. The third-order valence-corrected chi connectivity index (χ3v) is 6.71. The lowest BCUT2D eigenvalue weighted by Gasteiger charge is -2.51. The van der Waals surface area contributed by atoms with E-state index in [9.17, 15) is 4.79 Å². The summed E-state index contributed by atoms with van der Waals surface area (Å²) in [6.07, 6.45) is 8.72. The molecule has 1 aliphatic heterocycles. The molecule has 0 unspecified atom stereocenters. The fourth-order valence-electron chi connectivity index (χ4n) is 5.15. The molecule has 1 amide bonds. The Morgan fingerprint density at radius 3 is 2.97 bits per heavy atom. The second-order valence-electron chi connectivity index (χ2n) is 8.86. The third kappa shape index (κ3) is 2.89. The molecule has 6 rings (SSSR count). The maximum Gasteiger partial charge on any atom is 0.228 e. The highest BCUT2D eigenvalue weighted by Gasteiger charge is 2.48. The number of nitrogens with zero attached hydrogens (tertiary/aromatic N) is 6. The van der Waals surface area contributed by atoms with Crippen LogP contribution in [0.1, 0.15) is 32.6 Å². The Balaban J connectivity index is 1.27. The number of carbonyl (C=O) groups excluding carboxylic acids is 1. The Morgan fingerprint density at radius 2 is 2.19 bits per heavy atom. The predicted molar refractivity (Wildman–Crippen MR) is 118 cm³/mol. The van der Waals surface area contributed by atoms with Gasteiger partial charge < -0.3 is 19.9 Å². The van der Waals surface area contributed by atoms with Crippen LogP contribution in [-0.2, 0) is 4.79 Å². The van der Waals surface area contributed by atoms with Crippen molar-refractivity contribution in [3.05, 3.63) is 30.9 Å². The van der Waals surface area contributed by atoms with Crippen molar-refractivity contribution in [1.82, 2.24) is 34.4 Å². The van der Waals surface area contributed by atoms with E-state index in [2.05, 4.69) is 32.3 Å². The van der Waals surface area contributed by atoms with Crippen molar-refractivity contribution in [3.63, 3.8) is 0 Å². The van der Waals surface area contributed by atoms with Crippen LogP contribution in [0.15, 0.2) is 30.9 Å². The number of anilines is 1. The monoisotopic (exact) mass is 432 g/mol. The van der Waals surface area contributed by atoms with E-state index in [0.29, 0.717) is 23.9 Å². The van der Waals surface area contributed by atoms with Crippen LogP contribution in [-0.4, -0.2) is 65.6 Å². The summed E-state index contributed by atoms with van der Waals surface area (Å²) in [5.41, 5.74) is 3.31. The quantitative estimate of drug-likeness (QED) is 0.498. The number of carbonyl (C=O) groups is 1. The topological polar surface area (TPSA) is 113 Å². The molecule has 2 N–H and O–H groups in total. The summed E-state index contributed by atoms with van der Waals surface area (Å²) in [5.74, 6) is 1.30. The van der Waals surface area contributed by atoms with Gasteiger partial charge >= 0.3 is 0 Å². The molecule has 32 heavy (non-hydrogen) atoms. The van der Waals surface area contributed by atoms with Gasteiger partial charge in [-0.15, -0.1) is 0 Å². The van der Waals surface area contributed by atoms with E-state index in [4.69, 9.17) is 9.72 Å². The molecular formula is C22H24N8O2. The first kappa shape index (κ1) is 19.0. The van der Waals surface area contributed by atoms with Crippen molar-refractivity contribution < 1.29 is 9.53 Å². The zero-order chi connectivity index (χ0) is 21.9. The smallest absolute Gasteiger partial charge is 0.228 e. The van der Waals surface area contributed by atoms with Crippen molar-refractivity contribution >= 4 is 28.5 Å². The number of methoxy groups -OCH3 is 1. The van der Waals surface area contributed by atoms with Gasteiger partial charge in [-0.25, -0.2) is 9.50 Å². The van der Waals surface area contributed by atoms with Gasteiger partial charge in [0.2, 0.25) is 17.7 Å². The van der Waals surface area contributed by atoms with Gasteiger partial charge in [-0.3, -0.25) is 4.79 Å². The predicted octanol–water partition coefficient (Wildman–Crippen LogP) is 2.63. The first-order chi connectivity index (χ1) is 15.5. The van der Waals surface area contributed by atoms with E-state index < -0.39 is 0 Å². The van der Waals surface area contributed by atoms with Gasteiger partial charge in [0.05, 0.1) is 12.5 Å². The number of ether oxygens (including phenoxy) is 1. The van der Waals surface area contributed by atoms with Gasteiger partial charge in [-0.2, -0.15) is 15.1 Å². The number of amides is 1. The molecular weight excluding hydrogens is 408 g/mol. The molecule has 10 heteroatoms. The fourth-order valence-corrected chi connectivity index (χ4v) is 5.15. The van der Waals surface area contributed by atoms with Crippen molar-refractivity contribution in [2.24, 2.45) is 0 Å². The highest BCUT2D eigenvalue weighted by atomic mass is 16.5. The van der Waals surface area contributed by atoms with Crippen molar-refractivity contribution in [3.8, 4) is 17.0 Å².